The zero-order valence-corrected chi connectivity index (χ0v) is 16.6. The molecule has 1 unspecified atom stereocenters. The number of nitrogens with one attached hydrogen (secondary N) is 2. The predicted molar refractivity (Wildman–Crippen MR) is 106 cm³/mol. The fourth-order valence-electron chi connectivity index (χ4n) is 3.55. The van der Waals surface area contributed by atoms with Crippen LogP contribution in [0.3, 0.4) is 0 Å². The van der Waals surface area contributed by atoms with Crippen LogP contribution in [0, 0.1) is 23.7 Å². The SMILES string of the molecule is Cc1cc(CNC(=O)c2ccc(C(C)[C@]3(C)CC(=O)NC3=O)cc2)cc(C#N)n1. The Kier molecular flexibility index (Phi) is 5.46. The molecule has 1 saturated heterocycles. The van der Waals surface area contributed by atoms with Gasteiger partial charge in [-0.1, -0.05) is 19.1 Å². The Bertz CT molecular complexity index is 1020. The van der Waals surface area contributed by atoms with E-state index in [1.54, 1.807) is 32.0 Å². The van der Waals surface area contributed by atoms with Crippen molar-refractivity contribution >= 4 is 17.7 Å². The van der Waals surface area contributed by atoms with Crippen LogP contribution in [0.5, 0.6) is 0 Å². The second kappa shape index (κ2) is 7.84. The summed E-state index contributed by atoms with van der Waals surface area (Å²) in [4.78, 5) is 40.3. The number of carbonyl (C=O) groups is 3. The van der Waals surface area contributed by atoms with Crippen molar-refractivity contribution in [2.75, 3.05) is 0 Å². The number of benzene rings is 1. The fourth-order valence-corrected chi connectivity index (χ4v) is 3.55. The Hall–Kier alpha value is -3.53. The standard InChI is InChI=1S/C22H22N4O3/c1-13-8-15(9-18(11-23)25-13)12-24-20(28)17-6-4-16(5-7-17)14(2)22(3)10-19(27)26-21(22)29/h4-9,14H,10,12H2,1-3H3,(H,24,28)(H,26,27,29)/t14?,22-/m0/s1. The number of rotatable bonds is 5. The Morgan fingerprint density at radius 2 is 2.00 bits per heavy atom. The van der Waals surface area contributed by atoms with E-state index >= 15 is 0 Å². The minimum absolute atomic E-state index is 0.158. The summed E-state index contributed by atoms with van der Waals surface area (Å²) >= 11 is 0. The summed E-state index contributed by atoms with van der Waals surface area (Å²) in [5.74, 6) is -0.931. The molecule has 2 aromatic rings. The molecule has 1 aliphatic heterocycles. The number of aromatic nitrogens is 1. The molecule has 2 N–H and O–H groups in total. The largest absolute Gasteiger partial charge is 0.348 e. The summed E-state index contributed by atoms with van der Waals surface area (Å²) in [6.45, 7) is 5.77. The van der Waals surface area contributed by atoms with Gasteiger partial charge in [0, 0.05) is 24.2 Å². The Morgan fingerprint density at radius 1 is 1.31 bits per heavy atom. The number of nitriles is 1. The van der Waals surface area contributed by atoms with Gasteiger partial charge in [0.05, 0.1) is 5.41 Å². The third kappa shape index (κ3) is 4.16. The van der Waals surface area contributed by atoms with Crippen LogP contribution >= 0.6 is 0 Å². The molecule has 2 atom stereocenters. The number of pyridine rings is 1. The Morgan fingerprint density at radius 3 is 2.59 bits per heavy atom. The quantitative estimate of drug-likeness (QED) is 0.761. The topological polar surface area (TPSA) is 112 Å². The van der Waals surface area contributed by atoms with Crippen molar-refractivity contribution in [1.82, 2.24) is 15.6 Å². The van der Waals surface area contributed by atoms with Crippen LogP contribution < -0.4 is 10.6 Å². The monoisotopic (exact) mass is 390 g/mol. The van der Waals surface area contributed by atoms with E-state index in [4.69, 9.17) is 5.26 Å². The molecular weight excluding hydrogens is 368 g/mol. The third-order valence-corrected chi connectivity index (χ3v) is 5.51. The highest BCUT2D eigenvalue weighted by Gasteiger charge is 2.46. The molecule has 1 aliphatic rings. The van der Waals surface area contributed by atoms with E-state index in [9.17, 15) is 14.4 Å². The average Bonchev–Trinajstić information content (AvgIpc) is 2.97. The van der Waals surface area contributed by atoms with Crippen LogP contribution in [0.1, 0.15) is 59.1 Å². The van der Waals surface area contributed by atoms with E-state index in [0.29, 0.717) is 11.3 Å². The molecule has 0 spiro atoms. The van der Waals surface area contributed by atoms with Crippen LogP contribution in [0.15, 0.2) is 36.4 Å². The molecule has 1 aromatic carbocycles. The lowest BCUT2D eigenvalue weighted by molar-refractivity contribution is -0.128. The van der Waals surface area contributed by atoms with Gasteiger partial charge in [0.15, 0.2) is 0 Å². The van der Waals surface area contributed by atoms with E-state index in [0.717, 1.165) is 16.8 Å². The zero-order chi connectivity index (χ0) is 21.2. The minimum atomic E-state index is -0.793. The van der Waals surface area contributed by atoms with E-state index in [2.05, 4.69) is 15.6 Å². The van der Waals surface area contributed by atoms with Crippen LogP contribution in [0.2, 0.25) is 0 Å². The van der Waals surface area contributed by atoms with Crippen molar-refractivity contribution in [3.05, 3.63) is 64.5 Å². The number of imide groups is 1. The molecule has 0 aliphatic carbocycles. The Balaban J connectivity index is 1.68. The smallest absolute Gasteiger partial charge is 0.251 e. The molecule has 7 nitrogen and oxygen atoms in total. The summed E-state index contributed by atoms with van der Waals surface area (Å²) in [6.07, 6.45) is 0.158. The van der Waals surface area contributed by atoms with Gasteiger partial charge in [0.1, 0.15) is 11.8 Å². The van der Waals surface area contributed by atoms with Crippen LogP contribution in [0.4, 0.5) is 0 Å². The third-order valence-electron chi connectivity index (χ3n) is 5.51. The van der Waals surface area contributed by atoms with Gasteiger partial charge < -0.3 is 5.32 Å². The summed E-state index contributed by atoms with van der Waals surface area (Å²) in [6, 6.07) is 12.5. The van der Waals surface area contributed by atoms with Crippen molar-refractivity contribution in [3.8, 4) is 6.07 Å². The van der Waals surface area contributed by atoms with Gasteiger partial charge in [0.25, 0.3) is 5.91 Å². The van der Waals surface area contributed by atoms with Crippen molar-refractivity contribution in [2.24, 2.45) is 5.41 Å². The first-order valence-corrected chi connectivity index (χ1v) is 9.33. The first kappa shape index (κ1) is 20.2. The number of hydrogen-bond acceptors (Lipinski definition) is 5. The van der Waals surface area contributed by atoms with E-state index in [1.165, 1.54) is 0 Å². The highest BCUT2D eigenvalue weighted by Crippen LogP contribution is 2.41. The molecule has 1 fully saturated rings. The molecule has 0 radical (unpaired) electrons. The van der Waals surface area contributed by atoms with Crippen molar-refractivity contribution < 1.29 is 14.4 Å². The summed E-state index contributed by atoms with van der Waals surface area (Å²) < 4.78 is 0. The molecule has 3 rings (SSSR count). The predicted octanol–water partition coefficient (Wildman–Crippen LogP) is 2.35. The lowest BCUT2D eigenvalue weighted by Crippen LogP contribution is -2.33. The lowest BCUT2D eigenvalue weighted by atomic mass is 9.73. The van der Waals surface area contributed by atoms with Crippen molar-refractivity contribution in [3.63, 3.8) is 0 Å². The molecule has 7 heteroatoms. The maximum Gasteiger partial charge on any atom is 0.251 e. The van der Waals surface area contributed by atoms with E-state index in [-0.39, 0.29) is 36.6 Å². The number of carbonyl (C=O) groups excluding carboxylic acids is 3. The summed E-state index contributed by atoms with van der Waals surface area (Å²) in [5, 5.41) is 14.2. The van der Waals surface area contributed by atoms with Gasteiger partial charge in [-0.15, -0.1) is 0 Å². The van der Waals surface area contributed by atoms with E-state index < -0.39 is 5.41 Å². The number of aryl methyl sites for hydroxylation is 1. The minimum Gasteiger partial charge on any atom is -0.348 e. The molecule has 2 heterocycles. The van der Waals surface area contributed by atoms with Gasteiger partial charge in [-0.3, -0.25) is 19.7 Å². The molecule has 29 heavy (non-hydrogen) atoms. The van der Waals surface area contributed by atoms with E-state index in [1.807, 2.05) is 31.2 Å². The molecule has 148 valence electrons. The number of hydrogen-bond donors (Lipinski definition) is 2. The van der Waals surface area contributed by atoms with Crippen LogP contribution in [0.25, 0.3) is 0 Å². The molecule has 0 saturated carbocycles. The maximum absolute atomic E-state index is 12.5. The number of nitrogens with zero attached hydrogens (tertiary/aromatic N) is 2. The first-order chi connectivity index (χ1) is 13.7. The molecule has 0 bridgehead atoms. The Labute approximate surface area is 169 Å². The molecule has 3 amide bonds. The summed E-state index contributed by atoms with van der Waals surface area (Å²) in [7, 11) is 0. The highest BCUT2D eigenvalue weighted by atomic mass is 16.2. The molecule has 1 aromatic heterocycles. The van der Waals surface area contributed by atoms with Crippen molar-refractivity contribution in [1.29, 1.82) is 5.26 Å². The van der Waals surface area contributed by atoms with Crippen molar-refractivity contribution in [2.45, 2.75) is 39.7 Å². The zero-order valence-electron chi connectivity index (χ0n) is 16.6. The van der Waals surface area contributed by atoms with Gasteiger partial charge in [-0.05, 0) is 55.2 Å². The highest BCUT2D eigenvalue weighted by molar-refractivity contribution is 6.06. The first-order valence-electron chi connectivity index (χ1n) is 9.33. The van der Waals surface area contributed by atoms with Gasteiger partial charge >= 0.3 is 0 Å². The van der Waals surface area contributed by atoms with Gasteiger partial charge in [-0.25, -0.2) is 4.98 Å². The van der Waals surface area contributed by atoms with Crippen LogP contribution in [-0.2, 0) is 16.1 Å². The van der Waals surface area contributed by atoms with Gasteiger partial charge in [0.2, 0.25) is 11.8 Å². The van der Waals surface area contributed by atoms with Gasteiger partial charge in [-0.2, -0.15) is 5.26 Å². The number of amides is 3. The average molecular weight is 390 g/mol. The molecular formula is C22H22N4O3. The lowest BCUT2D eigenvalue weighted by Gasteiger charge is -2.28. The summed E-state index contributed by atoms with van der Waals surface area (Å²) in [5.41, 5.74) is 2.42. The second-order valence-electron chi connectivity index (χ2n) is 7.61. The second-order valence-corrected chi connectivity index (χ2v) is 7.61. The van der Waals surface area contributed by atoms with Crippen LogP contribution in [-0.4, -0.2) is 22.7 Å². The maximum atomic E-state index is 12.5. The normalized spacial score (nSPS) is 19.4. The fraction of sp³-hybridized carbons (Fsp3) is 0.318.